The number of benzene rings is 3. The molecule has 2 heterocycles. The number of ether oxygens (including phenoxy) is 2. The molecule has 1 atom stereocenters. The highest BCUT2D eigenvalue weighted by molar-refractivity contribution is 5.81. The van der Waals surface area contributed by atoms with Crippen molar-refractivity contribution in [2.24, 2.45) is 5.73 Å². The monoisotopic (exact) mass is 440 g/mol. The van der Waals surface area contributed by atoms with Gasteiger partial charge in [-0.1, -0.05) is 30.3 Å². The molecule has 4 aromatic rings. The van der Waals surface area contributed by atoms with E-state index in [-0.39, 0.29) is 0 Å². The number of rotatable bonds is 6. The summed E-state index contributed by atoms with van der Waals surface area (Å²) in [5.41, 5.74) is 10.3. The fraction of sp³-hybridized carbons (Fsp3) is 0.154. The second kappa shape index (κ2) is 8.70. The Bertz CT molecular complexity index is 1270. The van der Waals surface area contributed by atoms with Crippen LogP contribution in [0.1, 0.15) is 5.56 Å². The highest BCUT2D eigenvalue weighted by Gasteiger charge is 2.30. The lowest BCUT2D eigenvalue weighted by Crippen LogP contribution is -2.47. The molecule has 7 nitrogen and oxygen atoms in total. The number of para-hydroxylation sites is 3. The van der Waals surface area contributed by atoms with E-state index >= 15 is 0 Å². The van der Waals surface area contributed by atoms with Gasteiger partial charge in [0.25, 0.3) is 5.91 Å². The first kappa shape index (κ1) is 20.6. The summed E-state index contributed by atoms with van der Waals surface area (Å²) >= 11 is 0. The van der Waals surface area contributed by atoms with Crippen LogP contribution in [-0.4, -0.2) is 35.4 Å². The Hall–Kier alpha value is -4.26. The van der Waals surface area contributed by atoms with Crippen LogP contribution >= 0.6 is 0 Å². The van der Waals surface area contributed by atoms with Crippen LogP contribution in [0.5, 0.6) is 11.5 Å². The van der Waals surface area contributed by atoms with Gasteiger partial charge in [-0.25, -0.2) is 4.68 Å². The molecule has 1 aliphatic heterocycles. The maximum Gasteiger partial charge on any atom is 0.260 e. The van der Waals surface area contributed by atoms with Crippen LogP contribution < -0.4 is 20.1 Å². The van der Waals surface area contributed by atoms with E-state index < -0.39 is 12.0 Å². The molecule has 1 amide bonds. The molecule has 1 aliphatic rings. The zero-order chi connectivity index (χ0) is 22.8. The van der Waals surface area contributed by atoms with Crippen molar-refractivity contribution in [1.29, 1.82) is 0 Å². The fourth-order valence-electron chi connectivity index (χ4n) is 4.04. The Balaban J connectivity index is 1.56. The third-order valence-electron chi connectivity index (χ3n) is 5.71. The molecule has 166 valence electrons. The van der Waals surface area contributed by atoms with E-state index in [4.69, 9.17) is 20.3 Å². The number of aromatic nitrogens is 2. The van der Waals surface area contributed by atoms with Crippen molar-refractivity contribution in [3.8, 4) is 28.4 Å². The van der Waals surface area contributed by atoms with Gasteiger partial charge in [-0.15, -0.1) is 0 Å². The van der Waals surface area contributed by atoms with Crippen LogP contribution in [0.25, 0.3) is 16.9 Å². The molecule has 2 N–H and O–H groups in total. The standard InChI is InChI=1S/C26H24N4O3/c1-32-21-13-11-18(12-14-21)25-19(16-30(28-25)20-7-3-2-4-8-20)15-29-17-24(26(27)31)33-23-10-6-5-9-22(23)29/h2-14,16,24H,15,17H2,1H3,(H2,27,31)/t24-/m1/s1. The van der Waals surface area contributed by atoms with Crippen molar-refractivity contribution in [3.63, 3.8) is 0 Å². The van der Waals surface area contributed by atoms with E-state index in [1.54, 1.807) is 7.11 Å². The van der Waals surface area contributed by atoms with Crippen LogP contribution in [0.15, 0.2) is 85.1 Å². The van der Waals surface area contributed by atoms with Gasteiger partial charge in [-0.2, -0.15) is 5.10 Å². The van der Waals surface area contributed by atoms with E-state index in [0.717, 1.165) is 33.9 Å². The van der Waals surface area contributed by atoms with Crippen LogP contribution in [-0.2, 0) is 11.3 Å². The third-order valence-corrected chi connectivity index (χ3v) is 5.71. The number of nitrogens with zero attached hydrogens (tertiary/aromatic N) is 3. The number of hydrogen-bond acceptors (Lipinski definition) is 5. The zero-order valence-electron chi connectivity index (χ0n) is 18.2. The van der Waals surface area contributed by atoms with Crippen molar-refractivity contribution in [1.82, 2.24) is 9.78 Å². The number of fused-ring (bicyclic) bond motifs is 1. The lowest BCUT2D eigenvalue weighted by atomic mass is 10.1. The Kier molecular flexibility index (Phi) is 5.44. The minimum Gasteiger partial charge on any atom is -0.497 e. The quantitative estimate of drug-likeness (QED) is 0.493. The lowest BCUT2D eigenvalue weighted by Gasteiger charge is -2.35. The minimum absolute atomic E-state index is 0.366. The molecule has 0 saturated carbocycles. The van der Waals surface area contributed by atoms with E-state index in [9.17, 15) is 4.79 Å². The highest BCUT2D eigenvalue weighted by atomic mass is 16.5. The SMILES string of the molecule is COc1ccc(-c2nn(-c3ccccc3)cc2CN2C[C@H](C(N)=O)Oc3ccccc32)cc1. The first-order valence-corrected chi connectivity index (χ1v) is 10.7. The molecule has 3 aromatic carbocycles. The number of carbonyl (C=O) groups is 1. The van der Waals surface area contributed by atoms with E-state index in [2.05, 4.69) is 4.90 Å². The maximum atomic E-state index is 11.9. The van der Waals surface area contributed by atoms with Crippen molar-refractivity contribution in [2.75, 3.05) is 18.6 Å². The summed E-state index contributed by atoms with van der Waals surface area (Å²) < 4.78 is 13.0. The molecule has 0 saturated heterocycles. The molecule has 0 aliphatic carbocycles. The number of amides is 1. The summed E-state index contributed by atoms with van der Waals surface area (Å²) in [6.45, 7) is 0.906. The smallest absolute Gasteiger partial charge is 0.260 e. The summed E-state index contributed by atoms with van der Waals surface area (Å²) in [5, 5.41) is 4.91. The van der Waals surface area contributed by atoms with Crippen LogP contribution in [0.4, 0.5) is 5.69 Å². The van der Waals surface area contributed by atoms with Gasteiger partial charge in [0.1, 0.15) is 11.5 Å². The Morgan fingerprint density at radius 2 is 1.79 bits per heavy atom. The second-order valence-corrected chi connectivity index (χ2v) is 7.87. The highest BCUT2D eigenvalue weighted by Crippen LogP contribution is 2.35. The summed E-state index contributed by atoms with van der Waals surface area (Å²) in [7, 11) is 1.65. The third kappa shape index (κ3) is 4.13. The first-order chi connectivity index (χ1) is 16.1. The molecule has 7 heteroatoms. The van der Waals surface area contributed by atoms with Crippen LogP contribution in [0.3, 0.4) is 0 Å². The van der Waals surface area contributed by atoms with Crippen molar-refractivity contribution >= 4 is 11.6 Å². The van der Waals surface area contributed by atoms with Crippen molar-refractivity contribution in [2.45, 2.75) is 12.6 Å². The summed E-state index contributed by atoms with van der Waals surface area (Å²) in [6.07, 6.45) is 1.32. The molecule has 1 aromatic heterocycles. The number of anilines is 1. The normalized spacial score (nSPS) is 14.9. The largest absolute Gasteiger partial charge is 0.497 e. The van der Waals surface area contributed by atoms with Gasteiger partial charge in [0.05, 0.1) is 30.7 Å². The molecule has 0 spiro atoms. The van der Waals surface area contributed by atoms with Gasteiger partial charge in [0, 0.05) is 23.9 Å². The van der Waals surface area contributed by atoms with E-state index in [1.807, 2.05) is 89.7 Å². The Morgan fingerprint density at radius 1 is 1.06 bits per heavy atom. The number of nitrogens with two attached hydrogens (primary N) is 1. The number of hydrogen-bond donors (Lipinski definition) is 1. The average molecular weight is 441 g/mol. The topological polar surface area (TPSA) is 82.6 Å². The molecule has 0 unspecified atom stereocenters. The van der Waals surface area contributed by atoms with Crippen LogP contribution in [0, 0.1) is 0 Å². The van der Waals surface area contributed by atoms with Gasteiger partial charge >= 0.3 is 0 Å². The predicted molar refractivity (Wildman–Crippen MR) is 127 cm³/mol. The summed E-state index contributed by atoms with van der Waals surface area (Å²) in [5.74, 6) is 0.952. The molecule has 5 rings (SSSR count). The number of carbonyl (C=O) groups excluding carboxylic acids is 1. The fourth-order valence-corrected chi connectivity index (χ4v) is 4.04. The first-order valence-electron chi connectivity index (χ1n) is 10.7. The number of primary amides is 1. The predicted octanol–water partition coefficient (Wildman–Crippen LogP) is 3.80. The molecular weight excluding hydrogens is 416 g/mol. The van der Waals surface area contributed by atoms with E-state index in [0.29, 0.717) is 18.8 Å². The Labute approximate surface area is 192 Å². The van der Waals surface area contributed by atoms with Gasteiger partial charge in [-0.3, -0.25) is 4.79 Å². The molecular formula is C26H24N4O3. The maximum absolute atomic E-state index is 11.9. The average Bonchev–Trinajstić information content (AvgIpc) is 3.28. The van der Waals surface area contributed by atoms with Crippen molar-refractivity contribution in [3.05, 3.63) is 90.6 Å². The van der Waals surface area contributed by atoms with Crippen molar-refractivity contribution < 1.29 is 14.3 Å². The summed E-state index contributed by atoms with van der Waals surface area (Å²) in [6, 6.07) is 25.5. The zero-order valence-corrected chi connectivity index (χ0v) is 18.2. The van der Waals surface area contributed by atoms with Gasteiger partial charge < -0.3 is 20.1 Å². The molecule has 33 heavy (non-hydrogen) atoms. The van der Waals surface area contributed by atoms with Gasteiger partial charge in [0.2, 0.25) is 0 Å². The van der Waals surface area contributed by atoms with Gasteiger partial charge in [0.15, 0.2) is 6.10 Å². The lowest BCUT2D eigenvalue weighted by molar-refractivity contribution is -0.124. The number of methoxy groups -OCH3 is 1. The molecule has 0 bridgehead atoms. The minimum atomic E-state index is -0.714. The Morgan fingerprint density at radius 3 is 2.52 bits per heavy atom. The van der Waals surface area contributed by atoms with Crippen LogP contribution in [0.2, 0.25) is 0 Å². The molecule has 0 radical (unpaired) electrons. The van der Waals surface area contributed by atoms with Gasteiger partial charge in [-0.05, 0) is 48.5 Å². The van der Waals surface area contributed by atoms with E-state index in [1.165, 1.54) is 0 Å². The summed E-state index contributed by atoms with van der Waals surface area (Å²) in [4.78, 5) is 14.1. The second-order valence-electron chi connectivity index (χ2n) is 7.87. The molecule has 0 fully saturated rings.